The van der Waals surface area contributed by atoms with E-state index in [9.17, 15) is 0 Å². The zero-order valence-corrected chi connectivity index (χ0v) is 12.7. The van der Waals surface area contributed by atoms with E-state index in [0.29, 0.717) is 5.92 Å². The quantitative estimate of drug-likeness (QED) is 0.510. The summed E-state index contributed by atoms with van der Waals surface area (Å²) in [5.41, 5.74) is 0. The van der Waals surface area contributed by atoms with E-state index < -0.39 is 0 Å². The SMILES string of the molecule is C#CCCN1CCC(COCCNCC(C)C)CC1. The van der Waals surface area contributed by atoms with Crippen molar-refractivity contribution in [2.75, 3.05) is 45.9 Å². The van der Waals surface area contributed by atoms with E-state index in [-0.39, 0.29) is 0 Å². The molecule has 0 aromatic heterocycles. The fraction of sp³-hybridized carbons (Fsp3) is 0.875. The van der Waals surface area contributed by atoms with Crippen LogP contribution < -0.4 is 5.32 Å². The first-order valence-electron chi connectivity index (χ1n) is 7.66. The molecule has 0 spiro atoms. The van der Waals surface area contributed by atoms with Crippen molar-refractivity contribution >= 4 is 0 Å². The zero-order valence-electron chi connectivity index (χ0n) is 12.7. The van der Waals surface area contributed by atoms with Gasteiger partial charge in [-0.3, -0.25) is 0 Å². The molecule has 0 radical (unpaired) electrons. The first-order valence-corrected chi connectivity index (χ1v) is 7.66. The lowest BCUT2D eigenvalue weighted by atomic mass is 9.98. The number of hydrogen-bond acceptors (Lipinski definition) is 3. The van der Waals surface area contributed by atoms with Crippen molar-refractivity contribution in [3.8, 4) is 12.3 Å². The molecule has 1 fully saturated rings. The Balaban J connectivity index is 1.93. The molecule has 0 amide bonds. The van der Waals surface area contributed by atoms with Gasteiger partial charge in [0.15, 0.2) is 0 Å². The Morgan fingerprint density at radius 3 is 2.74 bits per heavy atom. The van der Waals surface area contributed by atoms with Crippen LogP contribution in [-0.4, -0.2) is 50.8 Å². The second kappa shape index (κ2) is 10.3. The molecule has 3 nitrogen and oxygen atoms in total. The second-order valence-corrected chi connectivity index (χ2v) is 5.91. The summed E-state index contributed by atoms with van der Waals surface area (Å²) in [4.78, 5) is 2.47. The standard InChI is InChI=1S/C16H30N2O/c1-4-5-9-18-10-6-16(7-11-18)14-19-12-8-17-13-15(2)3/h1,15-17H,5-14H2,2-3H3. The van der Waals surface area contributed by atoms with Crippen LogP contribution >= 0.6 is 0 Å². The van der Waals surface area contributed by atoms with E-state index >= 15 is 0 Å². The molecule has 0 unspecified atom stereocenters. The van der Waals surface area contributed by atoms with Gasteiger partial charge in [0.25, 0.3) is 0 Å². The van der Waals surface area contributed by atoms with Gasteiger partial charge in [-0.25, -0.2) is 0 Å². The highest BCUT2D eigenvalue weighted by molar-refractivity contribution is 4.85. The summed E-state index contributed by atoms with van der Waals surface area (Å²) < 4.78 is 5.76. The summed E-state index contributed by atoms with van der Waals surface area (Å²) in [5, 5.41) is 3.40. The molecule has 1 heterocycles. The molecule has 1 rings (SSSR count). The summed E-state index contributed by atoms with van der Waals surface area (Å²) in [6.07, 6.45) is 8.68. The van der Waals surface area contributed by atoms with E-state index in [0.717, 1.165) is 45.2 Å². The molecule has 1 N–H and O–H groups in total. The Kier molecular flexibility index (Phi) is 8.90. The van der Waals surface area contributed by atoms with Crippen LogP contribution in [0.4, 0.5) is 0 Å². The lowest BCUT2D eigenvalue weighted by molar-refractivity contribution is 0.0687. The van der Waals surface area contributed by atoms with E-state index in [4.69, 9.17) is 11.2 Å². The van der Waals surface area contributed by atoms with E-state index in [2.05, 4.69) is 30.0 Å². The predicted molar refractivity (Wildman–Crippen MR) is 81.1 cm³/mol. The molecule has 3 heteroatoms. The highest BCUT2D eigenvalue weighted by Gasteiger charge is 2.18. The predicted octanol–water partition coefficient (Wildman–Crippen LogP) is 1.98. The van der Waals surface area contributed by atoms with Crippen LogP contribution in [0.2, 0.25) is 0 Å². The van der Waals surface area contributed by atoms with Crippen molar-refractivity contribution in [1.29, 1.82) is 0 Å². The van der Waals surface area contributed by atoms with Gasteiger partial charge in [0, 0.05) is 26.1 Å². The lowest BCUT2D eigenvalue weighted by Crippen LogP contribution is -2.36. The number of rotatable bonds is 9. The summed E-state index contributed by atoms with van der Waals surface area (Å²) in [6.45, 7) is 11.7. The Hall–Kier alpha value is -0.560. The number of hydrogen-bond donors (Lipinski definition) is 1. The molecular weight excluding hydrogens is 236 g/mol. The maximum Gasteiger partial charge on any atom is 0.0591 e. The molecule has 110 valence electrons. The molecule has 1 aliphatic heterocycles. The molecule has 0 aromatic rings. The number of piperidine rings is 1. The second-order valence-electron chi connectivity index (χ2n) is 5.91. The summed E-state index contributed by atoms with van der Waals surface area (Å²) >= 11 is 0. The molecular formula is C16H30N2O. The van der Waals surface area contributed by atoms with Crippen molar-refractivity contribution in [3.05, 3.63) is 0 Å². The van der Waals surface area contributed by atoms with Crippen LogP contribution in [0, 0.1) is 24.2 Å². The van der Waals surface area contributed by atoms with Gasteiger partial charge < -0.3 is 15.0 Å². The third kappa shape index (κ3) is 8.26. The van der Waals surface area contributed by atoms with Gasteiger partial charge in [0.2, 0.25) is 0 Å². The van der Waals surface area contributed by atoms with Gasteiger partial charge in [-0.1, -0.05) is 13.8 Å². The topological polar surface area (TPSA) is 24.5 Å². The van der Waals surface area contributed by atoms with E-state index in [1.807, 2.05) is 0 Å². The first-order chi connectivity index (χ1) is 9.22. The van der Waals surface area contributed by atoms with Gasteiger partial charge in [-0.15, -0.1) is 12.3 Å². The molecule has 0 aliphatic carbocycles. The molecule has 1 saturated heterocycles. The largest absolute Gasteiger partial charge is 0.380 e. The number of nitrogens with one attached hydrogen (secondary N) is 1. The Labute approximate surface area is 119 Å². The molecule has 0 bridgehead atoms. The van der Waals surface area contributed by atoms with Gasteiger partial charge in [-0.2, -0.15) is 0 Å². The molecule has 1 aliphatic rings. The lowest BCUT2D eigenvalue weighted by Gasteiger charge is -2.31. The van der Waals surface area contributed by atoms with Crippen LogP contribution in [0.5, 0.6) is 0 Å². The van der Waals surface area contributed by atoms with Crippen LogP contribution in [-0.2, 0) is 4.74 Å². The third-order valence-corrected chi connectivity index (χ3v) is 3.61. The molecule has 0 aromatic carbocycles. The average Bonchev–Trinajstić information content (AvgIpc) is 2.41. The average molecular weight is 266 g/mol. The minimum atomic E-state index is 0.715. The number of ether oxygens (including phenoxy) is 1. The molecule has 0 saturated carbocycles. The van der Waals surface area contributed by atoms with Crippen LogP contribution in [0.25, 0.3) is 0 Å². The van der Waals surface area contributed by atoms with Crippen molar-refractivity contribution in [3.63, 3.8) is 0 Å². The molecule has 19 heavy (non-hydrogen) atoms. The van der Waals surface area contributed by atoms with Crippen molar-refractivity contribution in [2.24, 2.45) is 11.8 Å². The van der Waals surface area contributed by atoms with E-state index in [1.54, 1.807) is 0 Å². The van der Waals surface area contributed by atoms with Crippen LogP contribution in [0.3, 0.4) is 0 Å². The van der Waals surface area contributed by atoms with Gasteiger partial charge in [0.05, 0.1) is 6.61 Å². The van der Waals surface area contributed by atoms with Gasteiger partial charge in [0.1, 0.15) is 0 Å². The number of terminal acetylenes is 1. The maximum atomic E-state index is 5.76. The highest BCUT2D eigenvalue weighted by atomic mass is 16.5. The van der Waals surface area contributed by atoms with Crippen molar-refractivity contribution in [2.45, 2.75) is 33.1 Å². The normalized spacial score (nSPS) is 17.8. The van der Waals surface area contributed by atoms with Crippen molar-refractivity contribution < 1.29 is 4.74 Å². The van der Waals surface area contributed by atoms with Crippen LogP contribution in [0.1, 0.15) is 33.1 Å². The zero-order chi connectivity index (χ0) is 13.9. The Morgan fingerprint density at radius 1 is 1.37 bits per heavy atom. The third-order valence-electron chi connectivity index (χ3n) is 3.61. The monoisotopic (exact) mass is 266 g/mol. The summed E-state index contributed by atoms with van der Waals surface area (Å²) in [5.74, 6) is 4.17. The molecule has 0 atom stereocenters. The highest BCUT2D eigenvalue weighted by Crippen LogP contribution is 2.17. The minimum Gasteiger partial charge on any atom is -0.380 e. The van der Waals surface area contributed by atoms with Gasteiger partial charge in [-0.05, 0) is 44.3 Å². The van der Waals surface area contributed by atoms with Gasteiger partial charge >= 0.3 is 0 Å². The number of nitrogens with zero attached hydrogens (tertiary/aromatic N) is 1. The first kappa shape index (κ1) is 16.5. The smallest absolute Gasteiger partial charge is 0.0591 e. The summed E-state index contributed by atoms with van der Waals surface area (Å²) in [6, 6.07) is 0. The Bertz CT molecular complexity index is 252. The fourth-order valence-corrected chi connectivity index (χ4v) is 2.38. The number of likely N-dealkylation sites (tertiary alicyclic amines) is 1. The fourth-order valence-electron chi connectivity index (χ4n) is 2.38. The summed E-state index contributed by atoms with van der Waals surface area (Å²) in [7, 11) is 0. The van der Waals surface area contributed by atoms with Crippen molar-refractivity contribution in [1.82, 2.24) is 10.2 Å². The van der Waals surface area contributed by atoms with E-state index in [1.165, 1.54) is 25.9 Å². The maximum absolute atomic E-state index is 5.76. The van der Waals surface area contributed by atoms with Crippen LogP contribution in [0.15, 0.2) is 0 Å². The minimum absolute atomic E-state index is 0.715. The Morgan fingerprint density at radius 2 is 2.11 bits per heavy atom.